The Morgan fingerprint density at radius 3 is 2.49 bits per heavy atom. The Morgan fingerprint density at radius 2 is 1.86 bits per heavy atom. The van der Waals surface area contributed by atoms with Crippen molar-refractivity contribution in [2.24, 2.45) is 0 Å². The zero-order valence-electron chi connectivity index (χ0n) is 23.0. The smallest absolute Gasteiger partial charge is 0.253 e. The van der Waals surface area contributed by atoms with Crippen molar-refractivity contribution in [2.45, 2.75) is 39.5 Å². The predicted molar refractivity (Wildman–Crippen MR) is 153 cm³/mol. The van der Waals surface area contributed by atoms with Crippen molar-refractivity contribution in [3.8, 4) is 11.1 Å². The molecule has 0 spiro atoms. The van der Waals surface area contributed by atoms with Crippen LogP contribution in [0.5, 0.6) is 0 Å². The first-order chi connectivity index (χ1) is 17.8. The summed E-state index contributed by atoms with van der Waals surface area (Å²) in [4.78, 5) is 25.6. The molecule has 1 saturated heterocycles. The third-order valence-electron chi connectivity index (χ3n) is 7.33. The second-order valence-corrected chi connectivity index (χ2v) is 10.4. The number of pyridine rings is 2. The number of hydrogen-bond donors (Lipinski definition) is 1. The average Bonchev–Trinajstić information content (AvgIpc) is 2.90. The summed E-state index contributed by atoms with van der Waals surface area (Å²) in [7, 11) is 5.48. The molecule has 0 unspecified atom stereocenters. The Hall–Kier alpha value is -3.51. The van der Waals surface area contributed by atoms with Gasteiger partial charge in [0.15, 0.2) is 0 Å². The molecule has 0 aliphatic carbocycles. The number of amides is 1. The van der Waals surface area contributed by atoms with Crippen molar-refractivity contribution < 1.29 is 4.79 Å². The number of piperidine rings is 1. The number of nitrogens with one attached hydrogen (secondary N) is 1. The van der Waals surface area contributed by atoms with Gasteiger partial charge in [0.25, 0.3) is 5.91 Å². The summed E-state index contributed by atoms with van der Waals surface area (Å²) in [5.74, 6) is 1.47. The normalized spacial score (nSPS) is 15.0. The van der Waals surface area contributed by atoms with Gasteiger partial charge in [0.05, 0.1) is 0 Å². The van der Waals surface area contributed by atoms with E-state index in [4.69, 9.17) is 0 Å². The maximum atomic E-state index is 12.3. The van der Waals surface area contributed by atoms with E-state index in [1.165, 1.54) is 16.7 Å². The van der Waals surface area contributed by atoms with Gasteiger partial charge in [0.1, 0.15) is 5.82 Å². The van der Waals surface area contributed by atoms with Gasteiger partial charge in [-0.2, -0.15) is 0 Å². The monoisotopic (exact) mass is 497 g/mol. The standard InChI is InChI=1S/C31H39N5O/c1-21(17-29-23(3)33-14-11-28(29)26-8-10-30(32-4)34-19-26)20-36-15-12-24(13-16-36)27-9-7-25(18-22(27)2)31(37)35(5)6/h7-11,14,17-19,24H,12-13,15-16,20H2,1-6H3,(H,32,34)/b21-17+. The van der Waals surface area contributed by atoms with Crippen molar-refractivity contribution in [1.82, 2.24) is 19.8 Å². The molecule has 3 heterocycles. The Balaban J connectivity index is 1.42. The van der Waals surface area contributed by atoms with Crippen LogP contribution in [0.2, 0.25) is 0 Å². The SMILES string of the molecule is CNc1ccc(-c2ccnc(C)c2/C=C(\C)CN2CCC(c3ccc(C(=O)N(C)C)cc3C)CC2)cn1. The van der Waals surface area contributed by atoms with E-state index >= 15 is 0 Å². The van der Waals surface area contributed by atoms with E-state index in [0.29, 0.717) is 5.92 Å². The van der Waals surface area contributed by atoms with Crippen molar-refractivity contribution in [3.63, 3.8) is 0 Å². The van der Waals surface area contributed by atoms with Gasteiger partial charge in [0.2, 0.25) is 0 Å². The fourth-order valence-corrected chi connectivity index (χ4v) is 5.28. The van der Waals surface area contributed by atoms with Crippen LogP contribution in [-0.2, 0) is 0 Å². The Labute approximate surface area is 221 Å². The van der Waals surface area contributed by atoms with Crippen LogP contribution in [-0.4, -0.2) is 66.5 Å². The van der Waals surface area contributed by atoms with Crippen LogP contribution in [0.25, 0.3) is 17.2 Å². The highest BCUT2D eigenvalue weighted by molar-refractivity contribution is 5.94. The molecule has 37 heavy (non-hydrogen) atoms. The van der Waals surface area contributed by atoms with E-state index in [2.05, 4.69) is 65.2 Å². The van der Waals surface area contributed by atoms with Gasteiger partial charge < -0.3 is 10.2 Å². The number of carbonyl (C=O) groups is 1. The quantitative estimate of drug-likeness (QED) is 0.448. The molecule has 0 atom stereocenters. The molecule has 0 saturated carbocycles. The zero-order valence-corrected chi connectivity index (χ0v) is 23.0. The molecule has 1 aromatic carbocycles. The van der Waals surface area contributed by atoms with Gasteiger partial charge in [-0.15, -0.1) is 0 Å². The molecule has 4 rings (SSSR count). The van der Waals surface area contributed by atoms with Gasteiger partial charge in [-0.05, 0) is 99.6 Å². The highest BCUT2D eigenvalue weighted by atomic mass is 16.2. The van der Waals surface area contributed by atoms with E-state index in [1.807, 2.05) is 37.6 Å². The number of rotatable bonds is 7. The van der Waals surface area contributed by atoms with Gasteiger partial charge >= 0.3 is 0 Å². The molecule has 194 valence electrons. The summed E-state index contributed by atoms with van der Waals surface area (Å²) in [5, 5.41) is 3.08. The minimum Gasteiger partial charge on any atom is -0.373 e. The molecular formula is C31H39N5O. The number of carbonyl (C=O) groups excluding carboxylic acids is 1. The molecular weight excluding hydrogens is 458 g/mol. The van der Waals surface area contributed by atoms with Crippen LogP contribution >= 0.6 is 0 Å². The first kappa shape index (κ1) is 26.6. The molecule has 0 bridgehead atoms. The van der Waals surface area contributed by atoms with Crippen molar-refractivity contribution >= 4 is 17.8 Å². The third kappa shape index (κ3) is 6.25. The average molecular weight is 498 g/mol. The summed E-state index contributed by atoms with van der Waals surface area (Å²) < 4.78 is 0. The highest BCUT2D eigenvalue weighted by Gasteiger charge is 2.23. The van der Waals surface area contributed by atoms with Gasteiger partial charge in [-0.1, -0.05) is 17.7 Å². The molecule has 3 aromatic rings. The zero-order chi connectivity index (χ0) is 26.5. The molecule has 2 aromatic heterocycles. The van der Waals surface area contributed by atoms with Crippen LogP contribution in [0.3, 0.4) is 0 Å². The van der Waals surface area contributed by atoms with Crippen molar-refractivity contribution in [3.05, 3.63) is 82.3 Å². The molecule has 1 fully saturated rings. The topological polar surface area (TPSA) is 61.4 Å². The van der Waals surface area contributed by atoms with Crippen LogP contribution < -0.4 is 5.32 Å². The number of aromatic nitrogens is 2. The maximum Gasteiger partial charge on any atom is 0.253 e. The number of likely N-dealkylation sites (tertiary alicyclic amines) is 1. The minimum atomic E-state index is 0.0602. The second kappa shape index (κ2) is 11.7. The minimum absolute atomic E-state index is 0.0602. The lowest BCUT2D eigenvalue weighted by molar-refractivity contribution is 0.0827. The Bertz CT molecular complexity index is 1270. The first-order valence-electron chi connectivity index (χ1n) is 13.1. The molecule has 1 amide bonds. The maximum absolute atomic E-state index is 12.3. The van der Waals surface area contributed by atoms with E-state index in [1.54, 1.807) is 19.0 Å². The largest absolute Gasteiger partial charge is 0.373 e. The molecule has 0 radical (unpaired) electrons. The van der Waals surface area contributed by atoms with E-state index in [0.717, 1.165) is 66.2 Å². The van der Waals surface area contributed by atoms with Crippen LogP contribution in [0.4, 0.5) is 5.82 Å². The van der Waals surface area contributed by atoms with E-state index in [9.17, 15) is 4.79 Å². The summed E-state index contributed by atoms with van der Waals surface area (Å²) >= 11 is 0. The number of anilines is 1. The van der Waals surface area contributed by atoms with Gasteiger partial charge in [-0.3, -0.25) is 14.7 Å². The molecule has 6 nitrogen and oxygen atoms in total. The molecule has 1 N–H and O–H groups in total. The molecule has 6 heteroatoms. The Morgan fingerprint density at radius 1 is 1.11 bits per heavy atom. The van der Waals surface area contributed by atoms with Gasteiger partial charge in [0, 0.05) is 62.5 Å². The fourth-order valence-electron chi connectivity index (χ4n) is 5.28. The summed E-state index contributed by atoms with van der Waals surface area (Å²) in [6.07, 6.45) is 8.36. The summed E-state index contributed by atoms with van der Waals surface area (Å²) in [6.45, 7) is 9.52. The molecule has 1 aliphatic rings. The second-order valence-electron chi connectivity index (χ2n) is 10.4. The van der Waals surface area contributed by atoms with Crippen LogP contribution in [0, 0.1) is 13.8 Å². The molecule has 1 aliphatic heterocycles. The number of hydrogen-bond acceptors (Lipinski definition) is 5. The third-order valence-corrected chi connectivity index (χ3v) is 7.33. The summed E-state index contributed by atoms with van der Waals surface area (Å²) in [5.41, 5.74) is 9.15. The van der Waals surface area contributed by atoms with Crippen LogP contribution in [0.15, 0.2) is 54.4 Å². The van der Waals surface area contributed by atoms with E-state index < -0.39 is 0 Å². The van der Waals surface area contributed by atoms with Gasteiger partial charge in [-0.25, -0.2) is 4.98 Å². The first-order valence-corrected chi connectivity index (χ1v) is 13.1. The lowest BCUT2D eigenvalue weighted by atomic mass is 9.86. The number of benzene rings is 1. The Kier molecular flexibility index (Phi) is 8.39. The lowest BCUT2D eigenvalue weighted by Crippen LogP contribution is -2.34. The van der Waals surface area contributed by atoms with Crippen molar-refractivity contribution in [1.29, 1.82) is 0 Å². The van der Waals surface area contributed by atoms with E-state index in [-0.39, 0.29) is 5.91 Å². The predicted octanol–water partition coefficient (Wildman–Crippen LogP) is 5.79. The fraction of sp³-hybridized carbons (Fsp3) is 0.387. The van der Waals surface area contributed by atoms with Crippen LogP contribution in [0.1, 0.15) is 58.4 Å². The number of nitrogens with zero attached hydrogens (tertiary/aromatic N) is 4. The van der Waals surface area contributed by atoms with Crippen molar-refractivity contribution in [2.75, 3.05) is 46.1 Å². The highest BCUT2D eigenvalue weighted by Crippen LogP contribution is 2.32. The summed E-state index contributed by atoms with van der Waals surface area (Å²) in [6, 6.07) is 12.4. The lowest BCUT2D eigenvalue weighted by Gasteiger charge is -2.33. The number of aryl methyl sites for hydroxylation is 2.